The van der Waals surface area contributed by atoms with Gasteiger partial charge in [0.05, 0.1) is 5.25 Å². The number of nitrogens with zero attached hydrogens (tertiary/aromatic N) is 3. The number of nitrogens with one attached hydrogen (secondary N) is 2. The molecule has 2 heterocycles. The Labute approximate surface area is 171 Å². The smallest absolute Gasteiger partial charge is 0.321 e. The molecule has 0 saturated carbocycles. The summed E-state index contributed by atoms with van der Waals surface area (Å²) < 4.78 is 1.88. The molecule has 28 heavy (non-hydrogen) atoms. The van der Waals surface area contributed by atoms with E-state index >= 15 is 0 Å². The second-order valence-electron chi connectivity index (χ2n) is 6.13. The Hall–Kier alpha value is -2.65. The topological polar surface area (TPSA) is 88.9 Å². The summed E-state index contributed by atoms with van der Waals surface area (Å²) in [6, 6.07) is 13.0. The van der Waals surface area contributed by atoms with Crippen molar-refractivity contribution < 1.29 is 9.59 Å². The van der Waals surface area contributed by atoms with Crippen molar-refractivity contribution in [1.29, 1.82) is 0 Å². The standard InChI is InChI=1S/C19H21N5O2S2/c1-13(17(25)21-18(26)20-12-14-7-4-3-5-8-14)28-19-23-22-16(24(19)2)11-15-9-6-10-27-15/h3-10,13H,11-12H2,1-2H3,(H2,20,21,25,26)/t13-/m1/s1. The molecule has 7 nitrogen and oxygen atoms in total. The largest absolute Gasteiger partial charge is 0.334 e. The van der Waals surface area contributed by atoms with Crippen LogP contribution in [0.15, 0.2) is 53.0 Å². The van der Waals surface area contributed by atoms with Gasteiger partial charge in [0.2, 0.25) is 5.91 Å². The van der Waals surface area contributed by atoms with Crippen LogP contribution in [0.1, 0.15) is 23.2 Å². The van der Waals surface area contributed by atoms with Crippen LogP contribution in [-0.2, 0) is 24.8 Å². The Morgan fingerprint density at radius 2 is 1.96 bits per heavy atom. The second kappa shape index (κ2) is 9.52. The van der Waals surface area contributed by atoms with Crippen LogP contribution in [-0.4, -0.2) is 32.0 Å². The van der Waals surface area contributed by atoms with Crippen LogP contribution in [0.25, 0.3) is 0 Å². The normalized spacial score (nSPS) is 11.8. The average Bonchev–Trinajstić information content (AvgIpc) is 3.33. The Bertz CT molecular complexity index is 925. The Kier molecular flexibility index (Phi) is 6.83. The van der Waals surface area contributed by atoms with Gasteiger partial charge in [0.1, 0.15) is 5.82 Å². The van der Waals surface area contributed by atoms with Gasteiger partial charge in [-0.25, -0.2) is 4.79 Å². The fraction of sp³-hybridized carbons (Fsp3) is 0.263. The number of thioether (sulfide) groups is 1. The number of urea groups is 1. The van der Waals surface area contributed by atoms with Gasteiger partial charge in [-0.05, 0) is 23.9 Å². The van der Waals surface area contributed by atoms with Crippen LogP contribution in [0.2, 0.25) is 0 Å². The molecule has 0 fully saturated rings. The maximum absolute atomic E-state index is 12.3. The summed E-state index contributed by atoms with van der Waals surface area (Å²) >= 11 is 2.94. The lowest BCUT2D eigenvalue weighted by Crippen LogP contribution is -2.42. The Morgan fingerprint density at radius 3 is 2.68 bits per heavy atom. The Morgan fingerprint density at radius 1 is 1.18 bits per heavy atom. The van der Waals surface area contributed by atoms with E-state index in [-0.39, 0.29) is 5.91 Å². The van der Waals surface area contributed by atoms with Crippen molar-refractivity contribution in [2.75, 3.05) is 0 Å². The van der Waals surface area contributed by atoms with Crippen LogP contribution in [0, 0.1) is 0 Å². The number of hydrogen-bond donors (Lipinski definition) is 2. The molecule has 9 heteroatoms. The van der Waals surface area contributed by atoms with E-state index < -0.39 is 11.3 Å². The first kappa shape index (κ1) is 20.1. The third-order valence-electron chi connectivity index (χ3n) is 4.02. The van der Waals surface area contributed by atoms with Crippen LogP contribution in [0.5, 0.6) is 0 Å². The van der Waals surface area contributed by atoms with Gasteiger partial charge in [0, 0.05) is 24.9 Å². The lowest BCUT2D eigenvalue weighted by atomic mass is 10.2. The summed E-state index contributed by atoms with van der Waals surface area (Å²) in [4.78, 5) is 25.4. The van der Waals surface area contributed by atoms with E-state index in [0.29, 0.717) is 18.1 Å². The molecule has 2 aromatic heterocycles. The van der Waals surface area contributed by atoms with E-state index in [1.54, 1.807) is 18.3 Å². The molecule has 1 aromatic carbocycles. The first-order chi connectivity index (χ1) is 13.5. The van der Waals surface area contributed by atoms with E-state index in [9.17, 15) is 9.59 Å². The lowest BCUT2D eigenvalue weighted by molar-refractivity contribution is -0.119. The predicted molar refractivity (Wildman–Crippen MR) is 110 cm³/mol. The number of hydrogen-bond acceptors (Lipinski definition) is 6. The molecule has 0 aliphatic rings. The number of aromatic nitrogens is 3. The minimum atomic E-state index is -0.516. The van der Waals surface area contributed by atoms with Gasteiger partial charge >= 0.3 is 6.03 Å². The molecule has 3 amide bonds. The van der Waals surface area contributed by atoms with Gasteiger partial charge in [-0.15, -0.1) is 21.5 Å². The third kappa shape index (κ3) is 5.43. The van der Waals surface area contributed by atoms with Gasteiger partial charge < -0.3 is 9.88 Å². The van der Waals surface area contributed by atoms with E-state index in [2.05, 4.69) is 26.9 Å². The molecular weight excluding hydrogens is 394 g/mol. The monoisotopic (exact) mass is 415 g/mol. The van der Waals surface area contributed by atoms with Crippen LogP contribution < -0.4 is 10.6 Å². The van der Waals surface area contributed by atoms with Gasteiger partial charge in [-0.1, -0.05) is 48.2 Å². The first-order valence-corrected chi connectivity index (χ1v) is 10.5. The van der Waals surface area contributed by atoms with Gasteiger partial charge in [-0.2, -0.15) is 0 Å². The molecule has 1 atom stereocenters. The van der Waals surface area contributed by atoms with Crippen molar-refractivity contribution in [3.8, 4) is 0 Å². The molecule has 0 saturated heterocycles. The minimum absolute atomic E-state index is 0.358. The molecule has 0 bridgehead atoms. The third-order valence-corrected chi connectivity index (χ3v) is 6.03. The fourth-order valence-electron chi connectivity index (χ4n) is 2.42. The number of benzene rings is 1. The van der Waals surface area contributed by atoms with Crippen LogP contribution in [0.4, 0.5) is 4.79 Å². The summed E-state index contributed by atoms with van der Waals surface area (Å²) in [6.45, 7) is 2.09. The lowest BCUT2D eigenvalue weighted by Gasteiger charge is -2.11. The van der Waals surface area contributed by atoms with Crippen molar-refractivity contribution in [2.24, 2.45) is 7.05 Å². The summed E-state index contributed by atoms with van der Waals surface area (Å²) in [5.41, 5.74) is 0.963. The molecule has 146 valence electrons. The summed E-state index contributed by atoms with van der Waals surface area (Å²) in [5, 5.41) is 15.6. The number of imide groups is 1. The maximum atomic E-state index is 12.3. The molecule has 2 N–H and O–H groups in total. The summed E-state index contributed by atoms with van der Waals surface area (Å²) in [5.74, 6) is 0.455. The highest BCUT2D eigenvalue weighted by Gasteiger charge is 2.20. The van der Waals surface area contributed by atoms with E-state index in [4.69, 9.17) is 0 Å². The maximum Gasteiger partial charge on any atom is 0.321 e. The number of carbonyl (C=O) groups excluding carboxylic acids is 2. The zero-order valence-corrected chi connectivity index (χ0v) is 17.2. The second-order valence-corrected chi connectivity index (χ2v) is 8.47. The highest BCUT2D eigenvalue weighted by Crippen LogP contribution is 2.23. The summed E-state index contributed by atoms with van der Waals surface area (Å²) in [6.07, 6.45) is 0.699. The quantitative estimate of drug-likeness (QED) is 0.579. The number of thiophene rings is 1. The molecule has 3 aromatic rings. The van der Waals surface area contributed by atoms with Crippen molar-refractivity contribution in [2.45, 2.75) is 30.3 Å². The molecular formula is C19H21N5O2S2. The Balaban J connectivity index is 1.50. The van der Waals surface area contributed by atoms with E-state index in [0.717, 1.165) is 11.4 Å². The highest BCUT2D eigenvalue weighted by atomic mass is 32.2. The fourth-order valence-corrected chi connectivity index (χ4v) is 3.95. The molecule has 0 spiro atoms. The zero-order valence-electron chi connectivity index (χ0n) is 15.6. The van der Waals surface area contributed by atoms with Crippen LogP contribution in [0.3, 0.4) is 0 Å². The minimum Gasteiger partial charge on any atom is -0.334 e. The van der Waals surface area contributed by atoms with Gasteiger partial charge in [0.15, 0.2) is 5.16 Å². The first-order valence-electron chi connectivity index (χ1n) is 8.73. The van der Waals surface area contributed by atoms with Gasteiger partial charge in [-0.3, -0.25) is 10.1 Å². The SMILES string of the molecule is C[C@@H](Sc1nnc(Cc2cccs2)n1C)C(=O)NC(=O)NCc1ccccc1. The number of amides is 3. The highest BCUT2D eigenvalue weighted by molar-refractivity contribution is 8.00. The zero-order chi connectivity index (χ0) is 19.9. The summed E-state index contributed by atoms with van der Waals surface area (Å²) in [7, 11) is 1.88. The van der Waals surface area contributed by atoms with E-state index in [1.807, 2.05) is 53.4 Å². The average molecular weight is 416 g/mol. The van der Waals surface area contributed by atoms with Crippen molar-refractivity contribution in [3.05, 3.63) is 64.1 Å². The van der Waals surface area contributed by atoms with Crippen molar-refractivity contribution >= 4 is 35.0 Å². The molecule has 3 rings (SSSR count). The van der Waals surface area contributed by atoms with Crippen molar-refractivity contribution in [3.63, 3.8) is 0 Å². The molecule has 0 radical (unpaired) electrons. The predicted octanol–water partition coefficient (Wildman–Crippen LogP) is 2.97. The number of carbonyl (C=O) groups is 2. The van der Waals surface area contributed by atoms with E-state index in [1.165, 1.54) is 16.6 Å². The molecule has 0 aliphatic heterocycles. The molecule has 0 unspecified atom stereocenters. The van der Waals surface area contributed by atoms with Crippen LogP contribution >= 0.6 is 23.1 Å². The van der Waals surface area contributed by atoms with Gasteiger partial charge in [0.25, 0.3) is 0 Å². The molecule has 0 aliphatic carbocycles. The number of rotatable bonds is 7. The van der Waals surface area contributed by atoms with Crippen molar-refractivity contribution in [1.82, 2.24) is 25.4 Å².